The molecule has 0 fully saturated rings. The van der Waals surface area contributed by atoms with Crippen LogP contribution in [0.3, 0.4) is 0 Å². The van der Waals surface area contributed by atoms with Crippen LogP contribution in [0.25, 0.3) is 10.2 Å². The van der Waals surface area contributed by atoms with Crippen molar-refractivity contribution in [3.63, 3.8) is 0 Å². The fourth-order valence-corrected chi connectivity index (χ4v) is 2.28. The van der Waals surface area contributed by atoms with E-state index in [9.17, 15) is 13.2 Å². The maximum absolute atomic E-state index is 12.8. The first kappa shape index (κ1) is 13.8. The molecule has 2 rings (SSSR count). The Morgan fingerprint density at radius 1 is 1.42 bits per heavy atom. The molecule has 0 atom stereocenters. The third-order valence-corrected chi connectivity index (χ3v) is 3.50. The molecule has 7 heteroatoms. The van der Waals surface area contributed by atoms with E-state index in [1.54, 1.807) is 6.07 Å². The number of fused-ring (bicyclic) bond motifs is 1. The standard InChI is InChI=1S/C12H12F3N3S/c1-3-7(2)17-18-11-16-10-8(12(13,14)15)5-4-6-9(10)19-11/h4-6H,3H2,1-2H3,(H,16,18)/b17-7+. The predicted molar refractivity (Wildman–Crippen MR) is 71.6 cm³/mol. The summed E-state index contributed by atoms with van der Waals surface area (Å²) in [6, 6.07) is 4.03. The molecule has 0 aliphatic carbocycles. The van der Waals surface area contributed by atoms with Gasteiger partial charge < -0.3 is 0 Å². The second-order valence-corrected chi connectivity index (χ2v) is 5.01. The van der Waals surface area contributed by atoms with E-state index in [2.05, 4.69) is 15.5 Å². The fourth-order valence-electron chi connectivity index (χ4n) is 1.45. The van der Waals surface area contributed by atoms with Crippen molar-refractivity contribution in [2.75, 3.05) is 5.43 Å². The van der Waals surface area contributed by atoms with Crippen LogP contribution in [-0.4, -0.2) is 10.7 Å². The van der Waals surface area contributed by atoms with Gasteiger partial charge in [-0.05, 0) is 25.5 Å². The quantitative estimate of drug-likeness (QED) is 0.666. The van der Waals surface area contributed by atoms with Gasteiger partial charge in [-0.25, -0.2) is 4.98 Å². The Hall–Kier alpha value is -1.63. The largest absolute Gasteiger partial charge is 0.418 e. The van der Waals surface area contributed by atoms with Crippen LogP contribution in [0.4, 0.5) is 18.3 Å². The summed E-state index contributed by atoms with van der Waals surface area (Å²) >= 11 is 1.15. The van der Waals surface area contributed by atoms with Gasteiger partial charge in [0, 0.05) is 5.71 Å². The molecule has 0 radical (unpaired) electrons. The van der Waals surface area contributed by atoms with Crippen molar-refractivity contribution in [3.8, 4) is 0 Å². The molecule has 0 amide bonds. The Morgan fingerprint density at radius 3 is 2.79 bits per heavy atom. The summed E-state index contributed by atoms with van der Waals surface area (Å²) < 4.78 is 38.9. The van der Waals surface area contributed by atoms with Crippen LogP contribution in [0.15, 0.2) is 23.3 Å². The van der Waals surface area contributed by atoms with Crippen LogP contribution >= 0.6 is 11.3 Å². The maximum Gasteiger partial charge on any atom is 0.418 e. The molecule has 102 valence electrons. The first-order valence-electron chi connectivity index (χ1n) is 5.67. The highest BCUT2D eigenvalue weighted by atomic mass is 32.1. The van der Waals surface area contributed by atoms with Gasteiger partial charge in [-0.3, -0.25) is 5.43 Å². The van der Waals surface area contributed by atoms with E-state index in [4.69, 9.17) is 0 Å². The van der Waals surface area contributed by atoms with E-state index in [-0.39, 0.29) is 5.52 Å². The van der Waals surface area contributed by atoms with E-state index in [0.717, 1.165) is 29.5 Å². The van der Waals surface area contributed by atoms with Gasteiger partial charge in [0.05, 0.1) is 15.8 Å². The van der Waals surface area contributed by atoms with Crippen LogP contribution < -0.4 is 5.43 Å². The van der Waals surface area contributed by atoms with Crippen molar-refractivity contribution >= 4 is 32.4 Å². The molecule has 0 spiro atoms. The van der Waals surface area contributed by atoms with Crippen LogP contribution in [0, 0.1) is 0 Å². The Balaban J connectivity index is 2.41. The second-order valence-electron chi connectivity index (χ2n) is 3.98. The molecule has 3 nitrogen and oxygen atoms in total. The number of hydrogen-bond acceptors (Lipinski definition) is 4. The average Bonchev–Trinajstić information content (AvgIpc) is 2.76. The van der Waals surface area contributed by atoms with Gasteiger partial charge in [0.2, 0.25) is 5.13 Å². The number of anilines is 1. The molecule has 0 saturated heterocycles. The van der Waals surface area contributed by atoms with Crippen molar-refractivity contribution in [2.24, 2.45) is 5.10 Å². The summed E-state index contributed by atoms with van der Waals surface area (Å²) in [5, 5.41) is 4.39. The molecule has 2 aromatic rings. The number of hydrogen-bond donors (Lipinski definition) is 1. The number of para-hydroxylation sites is 1. The number of halogens is 3. The Labute approximate surface area is 112 Å². The molecule has 1 aromatic carbocycles. The lowest BCUT2D eigenvalue weighted by molar-refractivity contribution is -0.136. The summed E-state index contributed by atoms with van der Waals surface area (Å²) in [5.41, 5.74) is 2.80. The molecule has 0 bridgehead atoms. The number of thiazole rings is 1. The summed E-state index contributed by atoms with van der Waals surface area (Å²) in [7, 11) is 0. The van der Waals surface area contributed by atoms with Crippen molar-refractivity contribution in [2.45, 2.75) is 26.4 Å². The SMILES string of the molecule is CC/C(C)=N/Nc1nc2c(C(F)(F)F)cccc2s1. The van der Waals surface area contributed by atoms with Gasteiger partial charge in [0.25, 0.3) is 0 Å². The van der Waals surface area contributed by atoms with Crippen LogP contribution in [0.2, 0.25) is 0 Å². The van der Waals surface area contributed by atoms with Crippen molar-refractivity contribution < 1.29 is 13.2 Å². The minimum atomic E-state index is -4.40. The van der Waals surface area contributed by atoms with Gasteiger partial charge >= 0.3 is 6.18 Å². The van der Waals surface area contributed by atoms with E-state index in [1.807, 2.05) is 13.8 Å². The molecule has 1 N–H and O–H groups in total. The number of hydrazone groups is 1. The van der Waals surface area contributed by atoms with E-state index >= 15 is 0 Å². The number of benzene rings is 1. The van der Waals surface area contributed by atoms with Gasteiger partial charge in [0.15, 0.2) is 0 Å². The minimum absolute atomic E-state index is 0.0353. The molecule has 19 heavy (non-hydrogen) atoms. The summed E-state index contributed by atoms with van der Waals surface area (Å²) in [6.07, 6.45) is -3.63. The highest BCUT2D eigenvalue weighted by Gasteiger charge is 2.33. The average molecular weight is 287 g/mol. The van der Waals surface area contributed by atoms with Gasteiger partial charge in [-0.2, -0.15) is 18.3 Å². The zero-order valence-electron chi connectivity index (χ0n) is 10.4. The lowest BCUT2D eigenvalue weighted by Crippen LogP contribution is -2.05. The second kappa shape index (κ2) is 5.16. The molecule has 0 aliphatic rings. The van der Waals surface area contributed by atoms with Crippen LogP contribution in [0.1, 0.15) is 25.8 Å². The third kappa shape index (κ3) is 3.04. The Kier molecular flexibility index (Phi) is 3.75. The summed E-state index contributed by atoms with van der Waals surface area (Å²) in [6.45, 7) is 3.78. The van der Waals surface area contributed by atoms with Gasteiger partial charge in [-0.1, -0.05) is 24.3 Å². The lowest BCUT2D eigenvalue weighted by Gasteiger charge is -2.05. The lowest BCUT2D eigenvalue weighted by atomic mass is 10.2. The molecule has 0 unspecified atom stereocenters. The van der Waals surface area contributed by atoms with E-state index in [1.165, 1.54) is 6.07 Å². The predicted octanol–water partition coefficient (Wildman–Crippen LogP) is 4.51. The molecular weight excluding hydrogens is 275 g/mol. The van der Waals surface area contributed by atoms with Crippen LogP contribution in [0.5, 0.6) is 0 Å². The molecule has 0 saturated carbocycles. The molecule has 1 aromatic heterocycles. The Bertz CT molecular complexity index is 616. The molecule has 1 heterocycles. The topological polar surface area (TPSA) is 37.3 Å². The van der Waals surface area contributed by atoms with E-state index < -0.39 is 11.7 Å². The monoisotopic (exact) mass is 287 g/mol. The summed E-state index contributed by atoms with van der Waals surface area (Å²) in [5.74, 6) is 0. The number of nitrogens with zero attached hydrogens (tertiary/aromatic N) is 2. The highest BCUT2D eigenvalue weighted by Crippen LogP contribution is 2.37. The van der Waals surface area contributed by atoms with Gasteiger partial charge in [-0.15, -0.1) is 0 Å². The smallest absolute Gasteiger partial charge is 0.253 e. The minimum Gasteiger partial charge on any atom is -0.253 e. The molecular formula is C12H12F3N3S. The number of alkyl halides is 3. The van der Waals surface area contributed by atoms with Crippen molar-refractivity contribution in [1.82, 2.24) is 4.98 Å². The summed E-state index contributed by atoms with van der Waals surface area (Å²) in [4.78, 5) is 3.97. The van der Waals surface area contributed by atoms with Crippen LogP contribution in [-0.2, 0) is 6.18 Å². The van der Waals surface area contributed by atoms with Gasteiger partial charge in [0.1, 0.15) is 0 Å². The third-order valence-electron chi connectivity index (χ3n) is 2.58. The highest BCUT2D eigenvalue weighted by molar-refractivity contribution is 7.22. The number of aromatic nitrogens is 1. The normalized spacial score (nSPS) is 13.0. The zero-order valence-corrected chi connectivity index (χ0v) is 11.2. The number of nitrogens with one attached hydrogen (secondary N) is 1. The van der Waals surface area contributed by atoms with Crippen molar-refractivity contribution in [3.05, 3.63) is 23.8 Å². The zero-order chi connectivity index (χ0) is 14.0. The van der Waals surface area contributed by atoms with Crippen molar-refractivity contribution in [1.29, 1.82) is 0 Å². The van der Waals surface area contributed by atoms with E-state index in [0.29, 0.717) is 9.83 Å². The first-order chi connectivity index (χ1) is 8.91. The molecule has 0 aliphatic heterocycles. The Morgan fingerprint density at radius 2 is 2.16 bits per heavy atom. The first-order valence-corrected chi connectivity index (χ1v) is 6.49. The number of rotatable bonds is 3. The maximum atomic E-state index is 12.8. The fraction of sp³-hybridized carbons (Fsp3) is 0.333.